The van der Waals surface area contributed by atoms with Gasteiger partial charge >= 0.3 is 0 Å². The number of hydrogen-bond acceptors (Lipinski definition) is 2. The third-order valence-electron chi connectivity index (χ3n) is 4.05. The molecule has 1 nitrogen and oxygen atoms in total. The average Bonchev–Trinajstić information content (AvgIpc) is 2.61. The zero-order chi connectivity index (χ0) is 13.3. The quantitative estimate of drug-likeness (QED) is 0.865. The molecule has 2 heteroatoms. The van der Waals surface area contributed by atoms with Gasteiger partial charge in [-0.1, -0.05) is 39.8 Å². The monoisotopic (exact) mass is 263 g/mol. The van der Waals surface area contributed by atoms with E-state index < -0.39 is 0 Å². The first kappa shape index (κ1) is 14.0. The highest BCUT2D eigenvalue weighted by Crippen LogP contribution is 2.38. The molecule has 0 aliphatic heterocycles. The van der Waals surface area contributed by atoms with Crippen molar-refractivity contribution in [2.75, 3.05) is 0 Å². The molecule has 1 aromatic rings. The van der Waals surface area contributed by atoms with Crippen LogP contribution in [0.15, 0.2) is 29.2 Å². The highest BCUT2D eigenvalue weighted by molar-refractivity contribution is 8.00. The number of benzene rings is 1. The number of rotatable bonds is 2. The average molecular weight is 263 g/mol. The SMILES string of the molecule is CC1C(N)CCC1Sc1ccc(C(C)(C)C)cc1. The summed E-state index contributed by atoms with van der Waals surface area (Å²) in [6, 6.07) is 9.46. The lowest BCUT2D eigenvalue weighted by atomic mass is 9.87. The van der Waals surface area contributed by atoms with Crippen LogP contribution >= 0.6 is 11.8 Å². The van der Waals surface area contributed by atoms with Gasteiger partial charge in [0.1, 0.15) is 0 Å². The molecule has 3 atom stereocenters. The summed E-state index contributed by atoms with van der Waals surface area (Å²) in [7, 11) is 0. The van der Waals surface area contributed by atoms with Crippen LogP contribution in [-0.2, 0) is 5.41 Å². The van der Waals surface area contributed by atoms with Crippen LogP contribution in [0.4, 0.5) is 0 Å². The number of nitrogens with two attached hydrogens (primary N) is 1. The smallest absolute Gasteiger partial charge is 0.0135 e. The van der Waals surface area contributed by atoms with E-state index in [0.717, 1.165) is 0 Å². The van der Waals surface area contributed by atoms with Crippen molar-refractivity contribution in [3.05, 3.63) is 29.8 Å². The van der Waals surface area contributed by atoms with E-state index in [0.29, 0.717) is 17.2 Å². The van der Waals surface area contributed by atoms with Crippen LogP contribution in [0.2, 0.25) is 0 Å². The second-order valence-electron chi connectivity index (χ2n) is 6.53. The summed E-state index contributed by atoms with van der Waals surface area (Å²) in [5.41, 5.74) is 7.74. The van der Waals surface area contributed by atoms with E-state index >= 15 is 0 Å². The number of thioether (sulfide) groups is 1. The molecule has 0 amide bonds. The third kappa shape index (κ3) is 3.10. The van der Waals surface area contributed by atoms with Crippen molar-refractivity contribution in [3.8, 4) is 0 Å². The zero-order valence-corrected chi connectivity index (χ0v) is 12.8. The summed E-state index contributed by atoms with van der Waals surface area (Å²) in [6.07, 6.45) is 2.44. The molecule has 1 aliphatic carbocycles. The fourth-order valence-electron chi connectivity index (χ4n) is 2.53. The Morgan fingerprint density at radius 2 is 1.72 bits per heavy atom. The van der Waals surface area contributed by atoms with Gasteiger partial charge < -0.3 is 5.73 Å². The summed E-state index contributed by atoms with van der Waals surface area (Å²) in [6.45, 7) is 9.06. The molecule has 2 rings (SSSR count). The van der Waals surface area contributed by atoms with Crippen molar-refractivity contribution in [1.29, 1.82) is 0 Å². The van der Waals surface area contributed by atoms with E-state index in [9.17, 15) is 0 Å². The molecule has 1 aliphatic rings. The van der Waals surface area contributed by atoms with Crippen molar-refractivity contribution in [2.45, 2.75) is 62.1 Å². The Morgan fingerprint density at radius 3 is 2.17 bits per heavy atom. The standard InChI is InChI=1S/C16H25NS/c1-11-14(17)9-10-15(11)18-13-7-5-12(6-8-13)16(2,3)4/h5-8,11,14-15H,9-10,17H2,1-4H3. The van der Waals surface area contributed by atoms with Crippen molar-refractivity contribution in [3.63, 3.8) is 0 Å². The Balaban J connectivity index is 2.03. The molecule has 1 saturated carbocycles. The van der Waals surface area contributed by atoms with Crippen LogP contribution in [0.5, 0.6) is 0 Å². The molecule has 100 valence electrons. The molecule has 0 saturated heterocycles. The van der Waals surface area contributed by atoms with Crippen molar-refractivity contribution < 1.29 is 0 Å². The maximum atomic E-state index is 6.09. The second kappa shape index (κ2) is 5.26. The first-order valence-corrected chi connectivity index (χ1v) is 7.78. The molecule has 0 bridgehead atoms. The van der Waals surface area contributed by atoms with Crippen molar-refractivity contribution in [2.24, 2.45) is 11.7 Å². The largest absolute Gasteiger partial charge is 0.327 e. The van der Waals surface area contributed by atoms with Crippen molar-refractivity contribution in [1.82, 2.24) is 0 Å². The topological polar surface area (TPSA) is 26.0 Å². The van der Waals surface area contributed by atoms with E-state index in [1.165, 1.54) is 23.3 Å². The van der Waals surface area contributed by atoms with Gasteiger partial charge in [0, 0.05) is 16.2 Å². The fraction of sp³-hybridized carbons (Fsp3) is 0.625. The van der Waals surface area contributed by atoms with E-state index in [1.54, 1.807) is 0 Å². The first-order chi connectivity index (χ1) is 8.38. The van der Waals surface area contributed by atoms with E-state index in [2.05, 4.69) is 52.0 Å². The van der Waals surface area contributed by atoms with Crippen LogP contribution in [0.3, 0.4) is 0 Å². The number of hydrogen-bond donors (Lipinski definition) is 1. The van der Waals surface area contributed by atoms with Gasteiger partial charge in [0.25, 0.3) is 0 Å². The van der Waals surface area contributed by atoms with Gasteiger partial charge in [-0.05, 0) is 41.9 Å². The second-order valence-corrected chi connectivity index (χ2v) is 7.84. The first-order valence-electron chi connectivity index (χ1n) is 6.91. The summed E-state index contributed by atoms with van der Waals surface area (Å²) in [5, 5.41) is 0.695. The van der Waals surface area contributed by atoms with Gasteiger partial charge in [-0.25, -0.2) is 0 Å². The van der Waals surface area contributed by atoms with Gasteiger partial charge in [0.15, 0.2) is 0 Å². The van der Waals surface area contributed by atoms with Crippen LogP contribution in [-0.4, -0.2) is 11.3 Å². The minimum atomic E-state index is 0.242. The minimum absolute atomic E-state index is 0.242. The summed E-state index contributed by atoms with van der Waals surface area (Å²) >= 11 is 2.00. The normalized spacial score (nSPS) is 28.6. The van der Waals surface area contributed by atoms with E-state index in [4.69, 9.17) is 5.73 Å². The van der Waals surface area contributed by atoms with Crippen LogP contribution in [0.1, 0.15) is 46.1 Å². The lowest BCUT2D eigenvalue weighted by Gasteiger charge is -2.20. The van der Waals surface area contributed by atoms with E-state index in [-0.39, 0.29) is 5.41 Å². The highest BCUT2D eigenvalue weighted by atomic mass is 32.2. The minimum Gasteiger partial charge on any atom is -0.327 e. The maximum Gasteiger partial charge on any atom is 0.0135 e. The summed E-state index contributed by atoms with van der Waals surface area (Å²) < 4.78 is 0. The molecule has 0 spiro atoms. The molecular weight excluding hydrogens is 238 g/mol. The summed E-state index contributed by atoms with van der Waals surface area (Å²) in [5.74, 6) is 0.636. The van der Waals surface area contributed by atoms with Gasteiger partial charge in [-0.2, -0.15) is 0 Å². The van der Waals surface area contributed by atoms with Crippen LogP contribution < -0.4 is 5.73 Å². The Kier molecular flexibility index (Phi) is 4.08. The Bertz CT molecular complexity index is 391. The van der Waals surface area contributed by atoms with Gasteiger partial charge in [0.05, 0.1) is 0 Å². The maximum absolute atomic E-state index is 6.09. The molecular formula is C16H25NS. The molecule has 0 radical (unpaired) electrons. The zero-order valence-electron chi connectivity index (χ0n) is 11.9. The Morgan fingerprint density at radius 1 is 1.11 bits per heavy atom. The molecule has 1 aromatic carbocycles. The molecule has 3 unspecified atom stereocenters. The highest BCUT2D eigenvalue weighted by Gasteiger charge is 2.30. The predicted molar refractivity (Wildman–Crippen MR) is 81.2 cm³/mol. The molecule has 0 aromatic heterocycles. The third-order valence-corrected chi connectivity index (χ3v) is 5.57. The molecule has 2 N–H and O–H groups in total. The van der Waals surface area contributed by atoms with Gasteiger partial charge in [0.2, 0.25) is 0 Å². The van der Waals surface area contributed by atoms with Crippen LogP contribution in [0.25, 0.3) is 0 Å². The summed E-state index contributed by atoms with van der Waals surface area (Å²) in [4.78, 5) is 1.38. The lowest BCUT2D eigenvalue weighted by Crippen LogP contribution is -2.25. The predicted octanol–water partition coefficient (Wildman–Crippen LogP) is 4.20. The lowest BCUT2D eigenvalue weighted by molar-refractivity contribution is 0.535. The van der Waals surface area contributed by atoms with Crippen molar-refractivity contribution >= 4 is 11.8 Å². The molecule has 18 heavy (non-hydrogen) atoms. The van der Waals surface area contributed by atoms with Crippen LogP contribution in [0, 0.1) is 5.92 Å². The van der Waals surface area contributed by atoms with E-state index in [1.807, 2.05) is 11.8 Å². The van der Waals surface area contributed by atoms with Gasteiger partial charge in [-0.3, -0.25) is 0 Å². The Labute approximate surface area is 116 Å². The Hall–Kier alpha value is -0.470. The molecule has 1 fully saturated rings. The fourth-order valence-corrected chi connectivity index (χ4v) is 3.85. The molecule has 0 heterocycles. The van der Waals surface area contributed by atoms with Gasteiger partial charge in [-0.15, -0.1) is 11.8 Å².